The highest BCUT2D eigenvalue weighted by Crippen LogP contribution is 2.14. The number of anilines is 1. The third-order valence-electron chi connectivity index (χ3n) is 1.76. The Morgan fingerprint density at radius 1 is 1.46 bits per heavy atom. The summed E-state index contributed by atoms with van der Waals surface area (Å²) in [5.41, 5.74) is 0.322. The van der Waals surface area contributed by atoms with Gasteiger partial charge in [0.1, 0.15) is 6.07 Å². The second-order valence-corrected chi connectivity index (χ2v) is 2.66. The van der Waals surface area contributed by atoms with E-state index in [9.17, 15) is 0 Å². The van der Waals surface area contributed by atoms with Gasteiger partial charge in [-0.25, -0.2) is 15.0 Å². The monoisotopic (exact) mass is 176 g/mol. The molecule has 1 saturated heterocycles. The lowest BCUT2D eigenvalue weighted by molar-refractivity contribution is 0.166. The normalized spacial score (nSPS) is 15.8. The van der Waals surface area contributed by atoms with Gasteiger partial charge in [0.25, 0.3) is 0 Å². The van der Waals surface area contributed by atoms with Gasteiger partial charge in [0, 0.05) is 6.54 Å². The maximum Gasteiger partial charge on any atom is 0.171 e. The first kappa shape index (κ1) is 7.95. The van der Waals surface area contributed by atoms with Crippen LogP contribution in [0.4, 0.5) is 5.82 Å². The smallest absolute Gasteiger partial charge is 0.171 e. The SMILES string of the molecule is N#Cc1cnc(N2CCCO2)cn1. The average Bonchev–Trinajstić information content (AvgIpc) is 2.71. The maximum absolute atomic E-state index is 8.50. The Morgan fingerprint density at radius 3 is 2.92 bits per heavy atom. The number of rotatable bonds is 1. The summed E-state index contributed by atoms with van der Waals surface area (Å²) in [4.78, 5) is 13.2. The van der Waals surface area contributed by atoms with E-state index in [1.165, 1.54) is 6.20 Å². The number of hydroxylamine groups is 1. The van der Waals surface area contributed by atoms with Gasteiger partial charge in [-0.15, -0.1) is 0 Å². The molecule has 5 nitrogen and oxygen atoms in total. The second-order valence-electron chi connectivity index (χ2n) is 2.66. The van der Waals surface area contributed by atoms with Gasteiger partial charge >= 0.3 is 0 Å². The second kappa shape index (κ2) is 3.37. The van der Waals surface area contributed by atoms with Gasteiger partial charge in [0.05, 0.1) is 19.0 Å². The van der Waals surface area contributed by atoms with Gasteiger partial charge in [-0.05, 0) is 6.42 Å². The summed E-state index contributed by atoms with van der Waals surface area (Å²) in [5, 5.41) is 10.2. The molecule has 0 radical (unpaired) electrons. The van der Waals surface area contributed by atoms with Crippen LogP contribution in [0, 0.1) is 11.3 Å². The van der Waals surface area contributed by atoms with Crippen molar-refractivity contribution in [3.05, 3.63) is 18.1 Å². The molecule has 0 amide bonds. The summed E-state index contributed by atoms with van der Waals surface area (Å²) in [7, 11) is 0. The molecule has 0 spiro atoms. The van der Waals surface area contributed by atoms with E-state index in [0.29, 0.717) is 11.5 Å². The molecule has 0 atom stereocenters. The van der Waals surface area contributed by atoms with Crippen molar-refractivity contribution in [2.45, 2.75) is 6.42 Å². The number of hydrogen-bond donors (Lipinski definition) is 0. The Kier molecular flexibility index (Phi) is 2.06. The van der Waals surface area contributed by atoms with Gasteiger partial charge in [-0.3, -0.25) is 4.84 Å². The minimum atomic E-state index is 0.322. The molecule has 66 valence electrons. The summed E-state index contributed by atoms with van der Waals surface area (Å²) in [6, 6.07) is 1.91. The Labute approximate surface area is 75.5 Å². The fourth-order valence-electron chi connectivity index (χ4n) is 1.14. The molecule has 1 aromatic rings. The number of nitrogens with zero attached hydrogens (tertiary/aromatic N) is 4. The molecule has 0 saturated carbocycles. The number of hydrogen-bond acceptors (Lipinski definition) is 5. The predicted molar refractivity (Wildman–Crippen MR) is 44.7 cm³/mol. The highest BCUT2D eigenvalue weighted by atomic mass is 16.7. The molecule has 0 N–H and O–H groups in total. The molecule has 0 aliphatic carbocycles. The van der Waals surface area contributed by atoms with E-state index in [4.69, 9.17) is 10.1 Å². The Bertz CT molecular complexity index is 323. The Hall–Kier alpha value is -1.67. The van der Waals surface area contributed by atoms with Crippen molar-refractivity contribution < 1.29 is 4.84 Å². The predicted octanol–water partition coefficient (Wildman–Crippen LogP) is 0.490. The largest absolute Gasteiger partial charge is 0.272 e. The first-order chi connectivity index (χ1) is 6.40. The van der Waals surface area contributed by atoms with Gasteiger partial charge in [0.15, 0.2) is 11.5 Å². The number of nitriles is 1. The van der Waals surface area contributed by atoms with Gasteiger partial charge in [-0.1, -0.05) is 0 Å². The van der Waals surface area contributed by atoms with E-state index in [2.05, 4.69) is 9.97 Å². The zero-order chi connectivity index (χ0) is 9.10. The van der Waals surface area contributed by atoms with Crippen molar-refractivity contribution >= 4 is 5.82 Å². The van der Waals surface area contributed by atoms with Crippen LogP contribution in [0.1, 0.15) is 12.1 Å². The van der Waals surface area contributed by atoms with E-state index in [1.54, 1.807) is 11.3 Å². The van der Waals surface area contributed by atoms with Crippen molar-refractivity contribution in [2.24, 2.45) is 0 Å². The minimum Gasteiger partial charge on any atom is -0.272 e. The van der Waals surface area contributed by atoms with Crippen molar-refractivity contribution in [3.63, 3.8) is 0 Å². The molecule has 1 aliphatic heterocycles. The zero-order valence-corrected chi connectivity index (χ0v) is 6.97. The van der Waals surface area contributed by atoms with Crippen LogP contribution in [-0.2, 0) is 4.84 Å². The first-order valence-electron chi connectivity index (χ1n) is 4.03. The Morgan fingerprint density at radius 2 is 2.38 bits per heavy atom. The Balaban J connectivity index is 2.18. The first-order valence-corrected chi connectivity index (χ1v) is 4.03. The molecule has 2 rings (SSSR count). The molecule has 2 heterocycles. The molecule has 1 fully saturated rings. The van der Waals surface area contributed by atoms with Crippen LogP contribution in [0.25, 0.3) is 0 Å². The molecular formula is C8H8N4O. The van der Waals surface area contributed by atoms with Gasteiger partial charge in [0.2, 0.25) is 0 Å². The minimum absolute atomic E-state index is 0.322. The van der Waals surface area contributed by atoms with Crippen LogP contribution in [0.5, 0.6) is 0 Å². The van der Waals surface area contributed by atoms with Crippen molar-refractivity contribution in [1.29, 1.82) is 5.26 Å². The average molecular weight is 176 g/mol. The molecule has 0 unspecified atom stereocenters. The lowest BCUT2D eigenvalue weighted by atomic mass is 10.4. The molecule has 5 heteroatoms. The van der Waals surface area contributed by atoms with Gasteiger partial charge in [-0.2, -0.15) is 5.26 Å². The topological polar surface area (TPSA) is 62.0 Å². The fourth-order valence-corrected chi connectivity index (χ4v) is 1.14. The molecule has 13 heavy (non-hydrogen) atoms. The highest BCUT2D eigenvalue weighted by Gasteiger charge is 2.14. The maximum atomic E-state index is 8.50. The number of aromatic nitrogens is 2. The summed E-state index contributed by atoms with van der Waals surface area (Å²) in [5.74, 6) is 0.663. The van der Waals surface area contributed by atoms with Crippen LogP contribution in [0.15, 0.2) is 12.4 Å². The van der Waals surface area contributed by atoms with E-state index < -0.39 is 0 Å². The van der Waals surface area contributed by atoms with Crippen LogP contribution in [0.3, 0.4) is 0 Å². The van der Waals surface area contributed by atoms with Crippen molar-refractivity contribution in [2.75, 3.05) is 18.2 Å². The molecule has 0 aromatic carbocycles. The lowest BCUT2D eigenvalue weighted by Gasteiger charge is -2.13. The van der Waals surface area contributed by atoms with Crippen LogP contribution in [-0.4, -0.2) is 23.1 Å². The molecule has 0 bridgehead atoms. The van der Waals surface area contributed by atoms with Crippen LogP contribution >= 0.6 is 0 Å². The molecular weight excluding hydrogens is 168 g/mol. The summed E-state index contributed by atoms with van der Waals surface area (Å²) < 4.78 is 0. The summed E-state index contributed by atoms with van der Waals surface area (Å²) in [6.45, 7) is 1.56. The van der Waals surface area contributed by atoms with Gasteiger partial charge < -0.3 is 0 Å². The summed E-state index contributed by atoms with van der Waals surface area (Å²) in [6.07, 6.45) is 3.99. The third-order valence-corrected chi connectivity index (χ3v) is 1.76. The van der Waals surface area contributed by atoms with E-state index in [-0.39, 0.29) is 0 Å². The fraction of sp³-hybridized carbons (Fsp3) is 0.375. The van der Waals surface area contributed by atoms with E-state index in [0.717, 1.165) is 19.6 Å². The zero-order valence-electron chi connectivity index (χ0n) is 6.97. The van der Waals surface area contributed by atoms with Crippen molar-refractivity contribution in [1.82, 2.24) is 9.97 Å². The molecule has 1 aliphatic rings. The lowest BCUT2D eigenvalue weighted by Crippen LogP contribution is -2.17. The van der Waals surface area contributed by atoms with Crippen molar-refractivity contribution in [3.8, 4) is 6.07 Å². The third kappa shape index (κ3) is 1.58. The van der Waals surface area contributed by atoms with Crippen LogP contribution in [0.2, 0.25) is 0 Å². The van der Waals surface area contributed by atoms with E-state index in [1.807, 2.05) is 6.07 Å². The van der Waals surface area contributed by atoms with Crippen LogP contribution < -0.4 is 5.06 Å². The van der Waals surface area contributed by atoms with E-state index >= 15 is 0 Å². The standard InChI is InChI=1S/C8H8N4O/c9-4-7-5-11-8(6-10-7)12-2-1-3-13-12/h5-6H,1-3H2. The highest BCUT2D eigenvalue weighted by molar-refractivity contribution is 5.34. The molecule has 1 aromatic heterocycles. The quantitative estimate of drug-likeness (QED) is 0.623. The summed E-state index contributed by atoms with van der Waals surface area (Å²) >= 11 is 0.